The second-order valence-corrected chi connectivity index (χ2v) is 3.62. The molecule has 0 fully saturated rings. The van der Waals surface area contributed by atoms with Gasteiger partial charge in [0.2, 0.25) is 0 Å². The number of halogens is 1. The van der Waals surface area contributed by atoms with E-state index in [0.717, 1.165) is 12.2 Å². The van der Waals surface area contributed by atoms with Crippen LogP contribution in [0.5, 0.6) is 0 Å². The largest absolute Gasteiger partial charge is 0.308 e. The molecule has 0 aliphatic heterocycles. The van der Waals surface area contributed by atoms with Crippen LogP contribution in [0.3, 0.4) is 0 Å². The maximum atomic E-state index is 5.77. The molecule has 1 heterocycles. The van der Waals surface area contributed by atoms with Gasteiger partial charge < -0.3 is 5.43 Å². The molecule has 0 aliphatic carbocycles. The predicted molar refractivity (Wildman–Crippen MR) is 53.4 cm³/mol. The molecular weight excluding hydrogens is 188 g/mol. The summed E-state index contributed by atoms with van der Waals surface area (Å²) in [6.45, 7) is 4.19. The smallest absolute Gasteiger partial charge is 0.145 e. The Morgan fingerprint density at radius 3 is 2.77 bits per heavy atom. The molecule has 0 unspecified atom stereocenters. The first-order chi connectivity index (χ1) is 6.11. The van der Waals surface area contributed by atoms with Crippen molar-refractivity contribution < 1.29 is 0 Å². The molecule has 0 bridgehead atoms. The van der Waals surface area contributed by atoms with Gasteiger partial charge in [0.25, 0.3) is 0 Å². The van der Waals surface area contributed by atoms with E-state index >= 15 is 0 Å². The van der Waals surface area contributed by atoms with Gasteiger partial charge in [-0.15, -0.1) is 0 Å². The number of nitrogens with one attached hydrogen (secondary N) is 1. The molecule has 0 spiro atoms. The zero-order valence-corrected chi connectivity index (χ0v) is 8.47. The van der Waals surface area contributed by atoms with Crippen LogP contribution < -0.4 is 11.3 Å². The van der Waals surface area contributed by atoms with E-state index in [1.165, 1.54) is 0 Å². The Hall–Kier alpha value is -0.870. The normalized spacial score (nSPS) is 10.5. The Bertz CT molecular complexity index is 287. The highest BCUT2D eigenvalue weighted by Crippen LogP contribution is 2.12. The van der Waals surface area contributed by atoms with Gasteiger partial charge in [-0.1, -0.05) is 25.4 Å². The molecule has 0 saturated carbocycles. The van der Waals surface area contributed by atoms with Crippen molar-refractivity contribution >= 4 is 17.4 Å². The zero-order chi connectivity index (χ0) is 9.84. The fraction of sp³-hybridized carbons (Fsp3) is 0.500. The molecule has 0 radical (unpaired) electrons. The summed E-state index contributed by atoms with van der Waals surface area (Å²) >= 11 is 5.77. The first kappa shape index (κ1) is 10.2. The molecule has 1 rings (SSSR count). The number of aromatic nitrogens is 2. The van der Waals surface area contributed by atoms with E-state index in [1.807, 2.05) is 0 Å². The number of hydrogen-bond acceptors (Lipinski definition) is 4. The average Bonchev–Trinajstić information content (AvgIpc) is 2.01. The van der Waals surface area contributed by atoms with Crippen molar-refractivity contribution in [1.82, 2.24) is 9.97 Å². The summed E-state index contributed by atoms with van der Waals surface area (Å²) < 4.78 is 0. The van der Waals surface area contributed by atoms with E-state index in [-0.39, 0.29) is 0 Å². The highest BCUT2D eigenvalue weighted by molar-refractivity contribution is 6.29. The monoisotopic (exact) mass is 200 g/mol. The first-order valence-electron chi connectivity index (χ1n) is 4.12. The molecule has 1 aromatic rings. The number of nitrogens with zero attached hydrogens (tertiary/aromatic N) is 2. The van der Waals surface area contributed by atoms with E-state index in [0.29, 0.717) is 16.9 Å². The summed E-state index contributed by atoms with van der Waals surface area (Å²) in [5.74, 6) is 6.99. The third-order valence-corrected chi connectivity index (χ3v) is 1.67. The summed E-state index contributed by atoms with van der Waals surface area (Å²) in [5, 5.41) is 0.415. The minimum Gasteiger partial charge on any atom is -0.308 e. The lowest BCUT2D eigenvalue weighted by Gasteiger charge is -2.05. The van der Waals surface area contributed by atoms with Crippen LogP contribution in [0.15, 0.2) is 6.07 Å². The Labute approximate surface area is 82.5 Å². The minimum atomic E-state index is 0.415. The fourth-order valence-electron chi connectivity index (χ4n) is 0.995. The van der Waals surface area contributed by atoms with E-state index in [9.17, 15) is 0 Å². The van der Waals surface area contributed by atoms with Gasteiger partial charge in [0.15, 0.2) is 0 Å². The van der Waals surface area contributed by atoms with Gasteiger partial charge in [-0.25, -0.2) is 15.8 Å². The third-order valence-electron chi connectivity index (χ3n) is 1.48. The molecule has 0 saturated heterocycles. The van der Waals surface area contributed by atoms with Crippen LogP contribution in [0.2, 0.25) is 5.15 Å². The van der Waals surface area contributed by atoms with Gasteiger partial charge in [-0.2, -0.15) is 0 Å². The van der Waals surface area contributed by atoms with Crippen LogP contribution in [-0.2, 0) is 6.42 Å². The van der Waals surface area contributed by atoms with Crippen molar-refractivity contribution in [1.29, 1.82) is 0 Å². The van der Waals surface area contributed by atoms with Crippen molar-refractivity contribution in [2.24, 2.45) is 11.8 Å². The first-order valence-corrected chi connectivity index (χ1v) is 4.49. The van der Waals surface area contributed by atoms with Gasteiger partial charge in [-0.3, -0.25) is 0 Å². The maximum absolute atomic E-state index is 5.77. The van der Waals surface area contributed by atoms with E-state index in [1.54, 1.807) is 6.07 Å². The van der Waals surface area contributed by atoms with Gasteiger partial charge in [0.05, 0.1) is 0 Å². The molecule has 5 heteroatoms. The van der Waals surface area contributed by atoms with Crippen molar-refractivity contribution in [2.45, 2.75) is 20.3 Å². The Balaban J connectivity index is 2.88. The lowest BCUT2D eigenvalue weighted by atomic mass is 10.1. The second kappa shape index (κ2) is 4.39. The average molecular weight is 201 g/mol. The number of hydrogen-bond donors (Lipinski definition) is 2. The standard InChI is InChI=1S/C8H13ClN4/c1-5(2)3-7-11-6(9)4-8(12-7)13-10/h4-5H,3,10H2,1-2H3,(H,11,12,13). The summed E-state index contributed by atoms with van der Waals surface area (Å²) in [6, 6.07) is 1.59. The Morgan fingerprint density at radius 1 is 1.54 bits per heavy atom. The molecule has 3 N–H and O–H groups in total. The van der Waals surface area contributed by atoms with Gasteiger partial charge in [-0.05, 0) is 5.92 Å². The van der Waals surface area contributed by atoms with Gasteiger partial charge in [0, 0.05) is 12.5 Å². The van der Waals surface area contributed by atoms with Crippen LogP contribution >= 0.6 is 11.6 Å². The molecule has 72 valence electrons. The number of anilines is 1. The van der Waals surface area contributed by atoms with Gasteiger partial charge >= 0.3 is 0 Å². The highest BCUT2D eigenvalue weighted by Gasteiger charge is 2.04. The third kappa shape index (κ3) is 3.16. The van der Waals surface area contributed by atoms with Crippen LogP contribution in [0, 0.1) is 5.92 Å². The molecule has 4 nitrogen and oxygen atoms in total. The van der Waals surface area contributed by atoms with E-state index in [2.05, 4.69) is 29.2 Å². The summed E-state index contributed by atoms with van der Waals surface area (Å²) in [5.41, 5.74) is 2.45. The quantitative estimate of drug-likeness (QED) is 0.442. The van der Waals surface area contributed by atoms with Gasteiger partial charge in [0.1, 0.15) is 16.8 Å². The zero-order valence-electron chi connectivity index (χ0n) is 7.71. The maximum Gasteiger partial charge on any atom is 0.145 e. The van der Waals surface area contributed by atoms with E-state index < -0.39 is 0 Å². The topological polar surface area (TPSA) is 63.8 Å². The fourth-order valence-corrected chi connectivity index (χ4v) is 1.20. The Morgan fingerprint density at radius 2 is 2.23 bits per heavy atom. The highest BCUT2D eigenvalue weighted by atomic mass is 35.5. The van der Waals surface area contributed by atoms with Crippen molar-refractivity contribution in [3.8, 4) is 0 Å². The number of nitrogens with two attached hydrogens (primary N) is 1. The van der Waals surface area contributed by atoms with E-state index in [4.69, 9.17) is 17.4 Å². The summed E-state index contributed by atoms with van der Waals surface area (Å²) in [7, 11) is 0. The number of nitrogen functional groups attached to an aromatic ring is 1. The molecule has 0 atom stereocenters. The van der Waals surface area contributed by atoms with Crippen LogP contribution in [0.4, 0.5) is 5.82 Å². The molecular formula is C8H13ClN4. The van der Waals surface area contributed by atoms with Crippen LogP contribution in [-0.4, -0.2) is 9.97 Å². The molecule has 13 heavy (non-hydrogen) atoms. The lowest BCUT2D eigenvalue weighted by Crippen LogP contribution is -2.11. The van der Waals surface area contributed by atoms with Crippen molar-refractivity contribution in [3.05, 3.63) is 17.0 Å². The number of hydrazine groups is 1. The second-order valence-electron chi connectivity index (χ2n) is 3.23. The van der Waals surface area contributed by atoms with Crippen molar-refractivity contribution in [2.75, 3.05) is 5.43 Å². The lowest BCUT2D eigenvalue weighted by molar-refractivity contribution is 0.621. The molecule has 0 aromatic carbocycles. The number of rotatable bonds is 3. The SMILES string of the molecule is CC(C)Cc1nc(Cl)cc(NN)n1. The predicted octanol–water partition coefficient (Wildman–Crippen LogP) is 1.61. The minimum absolute atomic E-state index is 0.415. The molecule has 0 aliphatic rings. The summed E-state index contributed by atoms with van der Waals surface area (Å²) in [6.07, 6.45) is 0.801. The summed E-state index contributed by atoms with van der Waals surface area (Å²) in [4.78, 5) is 8.24. The van der Waals surface area contributed by atoms with Crippen molar-refractivity contribution in [3.63, 3.8) is 0 Å². The van der Waals surface area contributed by atoms with Crippen LogP contribution in [0.1, 0.15) is 19.7 Å². The van der Waals surface area contributed by atoms with Crippen LogP contribution in [0.25, 0.3) is 0 Å². The Kier molecular flexibility index (Phi) is 3.45. The molecule has 1 aromatic heterocycles. The molecule has 0 amide bonds.